The zero-order valence-corrected chi connectivity index (χ0v) is 9.94. The van der Waals surface area contributed by atoms with E-state index < -0.39 is 11.7 Å². The van der Waals surface area contributed by atoms with Crippen LogP contribution in [0.2, 0.25) is 0 Å². The molecule has 0 bridgehead atoms. The number of alkyl halides is 2. The molecule has 0 aliphatic heterocycles. The zero-order valence-electron chi connectivity index (χ0n) is 7.02. The molecule has 0 aromatic carbocycles. The van der Waals surface area contributed by atoms with Crippen LogP contribution in [0.25, 0.3) is 0 Å². The van der Waals surface area contributed by atoms with Crippen LogP contribution in [0.15, 0.2) is 6.20 Å². The molecular formula is C8H5ClF2INO. The summed E-state index contributed by atoms with van der Waals surface area (Å²) in [6.07, 6.45) is -1.61. The molecule has 1 heterocycles. The van der Waals surface area contributed by atoms with E-state index in [0.29, 0.717) is 9.13 Å². The third kappa shape index (κ3) is 2.20. The fourth-order valence-electron chi connectivity index (χ4n) is 0.958. The lowest BCUT2D eigenvalue weighted by Gasteiger charge is -2.07. The lowest BCUT2D eigenvalue weighted by atomic mass is 10.1. The Morgan fingerprint density at radius 2 is 2.21 bits per heavy atom. The molecule has 1 aromatic heterocycles. The van der Waals surface area contributed by atoms with Gasteiger partial charge < -0.3 is 0 Å². The highest BCUT2D eigenvalue weighted by molar-refractivity contribution is 14.1. The molecular weight excluding hydrogens is 326 g/mol. The average molecular weight is 331 g/mol. The average Bonchev–Trinajstić information content (AvgIpc) is 2.08. The van der Waals surface area contributed by atoms with Crippen molar-refractivity contribution in [3.8, 4) is 0 Å². The first-order valence-electron chi connectivity index (χ1n) is 3.58. The van der Waals surface area contributed by atoms with Gasteiger partial charge in [-0.1, -0.05) is 0 Å². The van der Waals surface area contributed by atoms with Gasteiger partial charge >= 0.3 is 0 Å². The topological polar surface area (TPSA) is 30.0 Å². The van der Waals surface area contributed by atoms with Crippen LogP contribution >= 0.6 is 34.2 Å². The molecule has 0 amide bonds. The number of aromatic nitrogens is 1. The van der Waals surface area contributed by atoms with Gasteiger partial charge in [-0.05, 0) is 46.7 Å². The smallest absolute Gasteiger partial charge is 0.271 e. The van der Waals surface area contributed by atoms with E-state index in [9.17, 15) is 13.6 Å². The van der Waals surface area contributed by atoms with Crippen LogP contribution in [0.3, 0.4) is 0 Å². The normalized spacial score (nSPS) is 10.7. The van der Waals surface area contributed by atoms with Gasteiger partial charge in [0.2, 0.25) is 0 Å². The molecule has 0 fully saturated rings. The van der Waals surface area contributed by atoms with Crippen molar-refractivity contribution in [1.29, 1.82) is 0 Å². The summed E-state index contributed by atoms with van der Waals surface area (Å²) in [6, 6.07) is 0. The first kappa shape index (κ1) is 11.8. The molecule has 14 heavy (non-hydrogen) atoms. The molecule has 0 unspecified atom stereocenters. The first-order valence-corrected chi connectivity index (χ1v) is 5.03. The van der Waals surface area contributed by atoms with Crippen molar-refractivity contribution >= 4 is 39.4 Å². The highest BCUT2D eigenvalue weighted by Gasteiger charge is 2.18. The van der Waals surface area contributed by atoms with Crippen LogP contribution in [0.5, 0.6) is 0 Å². The number of rotatable bonds is 2. The summed E-state index contributed by atoms with van der Waals surface area (Å²) in [6.45, 7) is 1.54. The Balaban J connectivity index is 3.33. The minimum absolute atomic E-state index is 0.0282. The van der Waals surface area contributed by atoms with Gasteiger partial charge in [-0.25, -0.2) is 8.78 Å². The number of pyridine rings is 1. The lowest BCUT2D eigenvalue weighted by molar-refractivity contribution is 0.107. The molecule has 0 spiro atoms. The second-order valence-corrected chi connectivity index (χ2v) is 4.00. The summed E-state index contributed by atoms with van der Waals surface area (Å²) < 4.78 is 25.1. The monoisotopic (exact) mass is 331 g/mol. The molecule has 0 aliphatic rings. The Bertz CT molecular complexity index is 384. The first-order chi connectivity index (χ1) is 6.45. The molecule has 1 rings (SSSR count). The van der Waals surface area contributed by atoms with Crippen molar-refractivity contribution in [3.63, 3.8) is 0 Å². The molecule has 0 saturated heterocycles. The molecule has 6 heteroatoms. The van der Waals surface area contributed by atoms with E-state index in [4.69, 9.17) is 11.6 Å². The minimum Gasteiger partial charge on any atom is -0.274 e. The van der Waals surface area contributed by atoms with Gasteiger partial charge in [0.05, 0.1) is 0 Å². The quantitative estimate of drug-likeness (QED) is 0.615. The van der Waals surface area contributed by atoms with Crippen LogP contribution in [0.4, 0.5) is 8.78 Å². The predicted molar refractivity (Wildman–Crippen MR) is 56.8 cm³/mol. The minimum atomic E-state index is -2.59. The SMILES string of the molecule is Cc1c(C(=O)Cl)ncc(C(F)F)c1I. The molecule has 2 nitrogen and oxygen atoms in total. The Hall–Kier alpha value is -0.300. The number of hydrogen-bond donors (Lipinski definition) is 0. The van der Waals surface area contributed by atoms with Crippen molar-refractivity contribution in [2.24, 2.45) is 0 Å². The van der Waals surface area contributed by atoms with Gasteiger partial charge in [0.25, 0.3) is 11.7 Å². The van der Waals surface area contributed by atoms with Crippen molar-refractivity contribution < 1.29 is 13.6 Å². The summed E-state index contributed by atoms with van der Waals surface area (Å²) >= 11 is 6.97. The molecule has 0 radical (unpaired) electrons. The highest BCUT2D eigenvalue weighted by atomic mass is 127. The Labute approximate surface area is 97.8 Å². The number of halogens is 4. The molecule has 0 N–H and O–H groups in total. The zero-order chi connectivity index (χ0) is 10.9. The van der Waals surface area contributed by atoms with Crippen LogP contribution < -0.4 is 0 Å². The lowest BCUT2D eigenvalue weighted by Crippen LogP contribution is -2.04. The van der Waals surface area contributed by atoms with Gasteiger partial charge in [-0.2, -0.15) is 0 Å². The van der Waals surface area contributed by atoms with E-state index in [1.54, 1.807) is 22.6 Å². The van der Waals surface area contributed by atoms with Crippen LogP contribution in [-0.4, -0.2) is 10.2 Å². The van der Waals surface area contributed by atoms with Gasteiger partial charge in [0, 0.05) is 15.3 Å². The fraction of sp³-hybridized carbons (Fsp3) is 0.250. The fourth-order valence-corrected chi connectivity index (χ4v) is 1.78. The van der Waals surface area contributed by atoms with E-state index in [1.165, 1.54) is 6.92 Å². The van der Waals surface area contributed by atoms with Gasteiger partial charge in [-0.3, -0.25) is 9.78 Å². The number of carbonyl (C=O) groups excluding carboxylic acids is 1. The van der Waals surface area contributed by atoms with Crippen LogP contribution in [0.1, 0.15) is 28.0 Å². The van der Waals surface area contributed by atoms with E-state index in [0.717, 1.165) is 6.20 Å². The van der Waals surface area contributed by atoms with E-state index in [-0.39, 0.29) is 11.3 Å². The maximum Gasteiger partial charge on any atom is 0.271 e. The summed E-state index contributed by atoms with van der Waals surface area (Å²) in [5, 5.41) is -0.735. The number of nitrogens with zero attached hydrogens (tertiary/aromatic N) is 1. The maximum absolute atomic E-state index is 12.4. The number of hydrogen-bond acceptors (Lipinski definition) is 2. The Kier molecular flexibility index (Phi) is 3.77. The van der Waals surface area contributed by atoms with Crippen LogP contribution in [0, 0.1) is 10.5 Å². The third-order valence-electron chi connectivity index (χ3n) is 1.69. The van der Waals surface area contributed by atoms with E-state index >= 15 is 0 Å². The highest BCUT2D eigenvalue weighted by Crippen LogP contribution is 2.27. The van der Waals surface area contributed by atoms with Crippen molar-refractivity contribution in [3.05, 3.63) is 26.6 Å². The van der Waals surface area contributed by atoms with Crippen molar-refractivity contribution in [2.75, 3.05) is 0 Å². The standard InChI is InChI=1S/C8H5ClF2INO/c1-3-5(12)4(8(10)11)2-13-6(3)7(9)14/h2,8H,1H3. The Morgan fingerprint density at radius 1 is 1.64 bits per heavy atom. The summed E-state index contributed by atoms with van der Waals surface area (Å²) in [5.74, 6) is 0. The van der Waals surface area contributed by atoms with Gasteiger partial charge in [0.1, 0.15) is 5.69 Å². The van der Waals surface area contributed by atoms with E-state index in [1.807, 2.05) is 0 Å². The predicted octanol–water partition coefficient (Wildman–Crippen LogP) is 3.31. The molecule has 76 valence electrons. The molecule has 0 saturated carbocycles. The second-order valence-electron chi connectivity index (χ2n) is 2.58. The van der Waals surface area contributed by atoms with Gasteiger partial charge in [0.15, 0.2) is 0 Å². The van der Waals surface area contributed by atoms with Crippen molar-refractivity contribution in [1.82, 2.24) is 4.98 Å². The van der Waals surface area contributed by atoms with Gasteiger partial charge in [-0.15, -0.1) is 0 Å². The number of carbonyl (C=O) groups is 1. The Morgan fingerprint density at radius 3 is 2.64 bits per heavy atom. The summed E-state index contributed by atoms with van der Waals surface area (Å²) in [7, 11) is 0. The summed E-state index contributed by atoms with van der Waals surface area (Å²) in [4.78, 5) is 14.4. The third-order valence-corrected chi connectivity index (χ3v) is 3.30. The second kappa shape index (κ2) is 4.48. The molecule has 0 aliphatic carbocycles. The molecule has 0 atom stereocenters. The summed E-state index contributed by atoms with van der Waals surface area (Å²) in [5.41, 5.74) is 0.244. The van der Waals surface area contributed by atoms with E-state index in [2.05, 4.69) is 4.98 Å². The largest absolute Gasteiger partial charge is 0.274 e. The maximum atomic E-state index is 12.4. The van der Waals surface area contributed by atoms with Crippen LogP contribution in [-0.2, 0) is 0 Å². The molecule has 1 aromatic rings. The van der Waals surface area contributed by atoms with Crippen molar-refractivity contribution in [2.45, 2.75) is 13.3 Å².